The Kier molecular flexibility index (Phi) is 6.97. The van der Waals surface area contributed by atoms with Crippen LogP contribution in [0.2, 0.25) is 5.02 Å². The van der Waals surface area contributed by atoms with Crippen LogP contribution in [0.15, 0.2) is 36.4 Å². The zero-order valence-electron chi connectivity index (χ0n) is 15.2. The van der Waals surface area contributed by atoms with Crippen molar-refractivity contribution < 1.29 is 23.7 Å². The molecule has 0 fully saturated rings. The lowest BCUT2D eigenvalue weighted by molar-refractivity contribution is 0.0773. The van der Waals surface area contributed by atoms with Crippen molar-refractivity contribution in [2.75, 3.05) is 41.5 Å². The van der Waals surface area contributed by atoms with Crippen LogP contribution in [-0.2, 0) is 0 Å². The molecule has 0 aliphatic heterocycles. The van der Waals surface area contributed by atoms with Gasteiger partial charge in [-0.2, -0.15) is 0 Å². The van der Waals surface area contributed by atoms with E-state index in [1.165, 1.54) is 21.3 Å². The van der Waals surface area contributed by atoms with Gasteiger partial charge in [-0.3, -0.25) is 4.79 Å². The Bertz CT molecular complexity index is 740. The Morgan fingerprint density at radius 3 is 2.15 bits per heavy atom. The van der Waals surface area contributed by atoms with E-state index in [2.05, 4.69) is 0 Å². The second kappa shape index (κ2) is 9.20. The Morgan fingerprint density at radius 1 is 1.00 bits per heavy atom. The van der Waals surface area contributed by atoms with E-state index in [1.807, 2.05) is 12.1 Å². The zero-order chi connectivity index (χ0) is 19.1. The molecule has 0 saturated carbocycles. The van der Waals surface area contributed by atoms with Crippen molar-refractivity contribution in [3.63, 3.8) is 0 Å². The molecule has 0 heterocycles. The van der Waals surface area contributed by atoms with Crippen LogP contribution in [0.3, 0.4) is 0 Å². The first-order chi connectivity index (χ1) is 12.5. The second-order valence-corrected chi connectivity index (χ2v) is 5.83. The number of carbonyl (C=O) groups excluding carboxylic acids is 1. The topological polar surface area (TPSA) is 57.2 Å². The van der Waals surface area contributed by atoms with Crippen LogP contribution in [-0.4, -0.2) is 52.3 Å². The molecule has 0 spiro atoms. The zero-order valence-corrected chi connectivity index (χ0v) is 16.0. The minimum atomic E-state index is -0.188. The molecule has 0 radical (unpaired) electrons. The van der Waals surface area contributed by atoms with Gasteiger partial charge in [-0.25, -0.2) is 0 Å². The third kappa shape index (κ3) is 4.52. The van der Waals surface area contributed by atoms with E-state index in [1.54, 1.807) is 36.2 Å². The molecule has 0 unspecified atom stereocenters. The van der Waals surface area contributed by atoms with E-state index >= 15 is 0 Å². The number of likely N-dealkylation sites (N-methyl/N-ethyl adjacent to an activating group) is 1. The number of carbonyl (C=O) groups is 1. The lowest BCUT2D eigenvalue weighted by Gasteiger charge is -2.19. The van der Waals surface area contributed by atoms with Crippen LogP contribution in [0.1, 0.15) is 10.4 Å². The van der Waals surface area contributed by atoms with E-state index in [4.69, 9.17) is 30.5 Å². The van der Waals surface area contributed by atoms with E-state index < -0.39 is 0 Å². The Balaban J connectivity index is 2.06. The molecule has 0 N–H and O–H groups in total. The molecular weight excluding hydrogens is 358 g/mol. The minimum absolute atomic E-state index is 0.188. The third-order valence-electron chi connectivity index (χ3n) is 3.78. The fourth-order valence-electron chi connectivity index (χ4n) is 2.38. The predicted molar refractivity (Wildman–Crippen MR) is 100 cm³/mol. The fourth-order valence-corrected chi connectivity index (χ4v) is 2.57. The largest absolute Gasteiger partial charge is 0.493 e. The number of nitrogens with zero attached hydrogens (tertiary/aromatic N) is 1. The molecule has 2 aromatic rings. The number of para-hydroxylation sites is 1. The summed E-state index contributed by atoms with van der Waals surface area (Å²) in [5.74, 6) is 1.69. The second-order valence-electron chi connectivity index (χ2n) is 5.42. The number of methoxy groups -OCH3 is 3. The van der Waals surface area contributed by atoms with Gasteiger partial charge >= 0.3 is 0 Å². The molecule has 26 heavy (non-hydrogen) atoms. The number of halogens is 1. The standard InChI is InChI=1S/C19H22ClNO5/c1-21(9-10-26-15-8-6-5-7-14(15)20)19(22)13-11-16(23-2)18(25-4)17(12-13)24-3/h5-8,11-12H,9-10H2,1-4H3. The molecule has 0 aromatic heterocycles. The Labute approximate surface area is 158 Å². The first kappa shape index (κ1) is 19.7. The molecule has 0 atom stereocenters. The van der Waals surface area contributed by atoms with Crippen LogP contribution in [0.5, 0.6) is 23.0 Å². The summed E-state index contributed by atoms with van der Waals surface area (Å²) in [7, 11) is 6.22. The van der Waals surface area contributed by atoms with Gasteiger partial charge in [0.25, 0.3) is 5.91 Å². The van der Waals surface area contributed by atoms with Gasteiger partial charge in [-0.1, -0.05) is 23.7 Å². The summed E-state index contributed by atoms with van der Waals surface area (Å²) in [5, 5.41) is 0.533. The van der Waals surface area contributed by atoms with Gasteiger partial charge in [0.05, 0.1) is 32.9 Å². The van der Waals surface area contributed by atoms with Crippen molar-refractivity contribution >= 4 is 17.5 Å². The molecule has 2 aromatic carbocycles. The van der Waals surface area contributed by atoms with Crippen molar-refractivity contribution in [1.82, 2.24) is 4.90 Å². The SMILES string of the molecule is COc1cc(C(=O)N(C)CCOc2ccccc2Cl)cc(OC)c1OC. The monoisotopic (exact) mass is 379 g/mol. The highest BCUT2D eigenvalue weighted by molar-refractivity contribution is 6.32. The third-order valence-corrected chi connectivity index (χ3v) is 4.09. The summed E-state index contributed by atoms with van der Waals surface area (Å²) in [6.45, 7) is 0.705. The highest BCUT2D eigenvalue weighted by atomic mass is 35.5. The Hall–Kier alpha value is -2.60. The number of ether oxygens (including phenoxy) is 4. The summed E-state index contributed by atoms with van der Waals surface area (Å²) in [5.41, 5.74) is 0.430. The molecule has 2 rings (SSSR count). The summed E-state index contributed by atoms with van der Waals surface area (Å²) in [4.78, 5) is 14.2. The van der Waals surface area contributed by atoms with Gasteiger partial charge in [0.1, 0.15) is 12.4 Å². The van der Waals surface area contributed by atoms with Crippen molar-refractivity contribution in [2.24, 2.45) is 0 Å². The van der Waals surface area contributed by atoms with Crippen LogP contribution in [0.4, 0.5) is 0 Å². The van der Waals surface area contributed by atoms with Crippen molar-refractivity contribution in [3.05, 3.63) is 47.0 Å². The smallest absolute Gasteiger partial charge is 0.253 e. The van der Waals surface area contributed by atoms with E-state index in [0.717, 1.165) is 0 Å². The number of rotatable bonds is 8. The maximum absolute atomic E-state index is 12.7. The lowest BCUT2D eigenvalue weighted by Crippen LogP contribution is -2.31. The fraction of sp³-hybridized carbons (Fsp3) is 0.316. The van der Waals surface area contributed by atoms with Gasteiger partial charge < -0.3 is 23.8 Å². The van der Waals surface area contributed by atoms with Crippen LogP contribution >= 0.6 is 11.6 Å². The lowest BCUT2D eigenvalue weighted by atomic mass is 10.1. The van der Waals surface area contributed by atoms with Crippen LogP contribution in [0.25, 0.3) is 0 Å². The van der Waals surface area contributed by atoms with Crippen molar-refractivity contribution in [2.45, 2.75) is 0 Å². The van der Waals surface area contributed by atoms with Gasteiger partial charge in [0, 0.05) is 12.6 Å². The molecule has 6 nitrogen and oxygen atoms in total. The van der Waals surface area contributed by atoms with Crippen LogP contribution < -0.4 is 18.9 Å². The molecule has 140 valence electrons. The molecule has 0 bridgehead atoms. The molecular formula is C19H22ClNO5. The average molecular weight is 380 g/mol. The van der Waals surface area contributed by atoms with Crippen molar-refractivity contribution in [3.8, 4) is 23.0 Å². The predicted octanol–water partition coefficient (Wildman–Crippen LogP) is 3.52. The van der Waals surface area contributed by atoms with E-state index in [-0.39, 0.29) is 5.91 Å². The summed E-state index contributed by atoms with van der Waals surface area (Å²) < 4.78 is 21.5. The van der Waals surface area contributed by atoms with Crippen LogP contribution in [0, 0.1) is 0 Å². The summed E-state index contributed by atoms with van der Waals surface area (Å²) in [6, 6.07) is 10.4. The Morgan fingerprint density at radius 2 is 1.62 bits per heavy atom. The minimum Gasteiger partial charge on any atom is -0.493 e. The maximum Gasteiger partial charge on any atom is 0.253 e. The first-order valence-corrected chi connectivity index (χ1v) is 8.32. The van der Waals surface area contributed by atoms with Gasteiger partial charge in [-0.15, -0.1) is 0 Å². The van der Waals surface area contributed by atoms with Crippen molar-refractivity contribution in [1.29, 1.82) is 0 Å². The molecule has 7 heteroatoms. The van der Waals surface area contributed by atoms with Gasteiger partial charge in [-0.05, 0) is 24.3 Å². The molecule has 1 amide bonds. The normalized spacial score (nSPS) is 10.2. The molecule has 0 aliphatic rings. The number of amides is 1. The maximum atomic E-state index is 12.7. The molecule has 0 aliphatic carbocycles. The summed E-state index contributed by atoms with van der Waals surface area (Å²) in [6.07, 6.45) is 0. The average Bonchev–Trinajstić information content (AvgIpc) is 2.67. The van der Waals surface area contributed by atoms with Gasteiger partial charge in [0.2, 0.25) is 5.75 Å². The number of hydrogen-bond acceptors (Lipinski definition) is 5. The van der Waals surface area contributed by atoms with Gasteiger partial charge in [0.15, 0.2) is 11.5 Å². The quantitative estimate of drug-likeness (QED) is 0.702. The highest BCUT2D eigenvalue weighted by Crippen LogP contribution is 2.38. The summed E-state index contributed by atoms with van der Waals surface area (Å²) >= 11 is 6.05. The number of benzene rings is 2. The first-order valence-electron chi connectivity index (χ1n) is 7.94. The highest BCUT2D eigenvalue weighted by Gasteiger charge is 2.19. The van der Waals surface area contributed by atoms with E-state index in [0.29, 0.717) is 46.7 Å². The number of hydrogen-bond donors (Lipinski definition) is 0. The van der Waals surface area contributed by atoms with E-state index in [9.17, 15) is 4.79 Å². The molecule has 0 saturated heterocycles.